The van der Waals surface area contributed by atoms with Gasteiger partial charge < -0.3 is 10.6 Å². The quantitative estimate of drug-likeness (QED) is 0.440. The summed E-state index contributed by atoms with van der Waals surface area (Å²) in [5.74, 6) is 0. The number of benzene rings is 3. The lowest BCUT2D eigenvalue weighted by molar-refractivity contribution is -0.384. The van der Waals surface area contributed by atoms with Crippen molar-refractivity contribution in [2.45, 2.75) is 16.7 Å². The van der Waals surface area contributed by atoms with E-state index in [0.717, 1.165) is 21.0 Å². The predicted octanol–water partition coefficient (Wildman–Crippen LogP) is 5.70. The molecule has 2 N–H and O–H groups in total. The summed E-state index contributed by atoms with van der Waals surface area (Å²) < 4.78 is 0. The lowest BCUT2D eigenvalue weighted by atomic mass is 10.2. The van der Waals surface area contributed by atoms with Crippen LogP contribution in [0.15, 0.2) is 82.6 Å². The summed E-state index contributed by atoms with van der Waals surface area (Å²) in [6.45, 7) is 1.99. The van der Waals surface area contributed by atoms with E-state index in [4.69, 9.17) is 0 Å². The van der Waals surface area contributed by atoms with Gasteiger partial charge >= 0.3 is 6.03 Å². The van der Waals surface area contributed by atoms with Crippen LogP contribution in [-0.4, -0.2) is 11.0 Å². The van der Waals surface area contributed by atoms with Crippen molar-refractivity contribution in [3.05, 3.63) is 88.5 Å². The molecule has 0 fully saturated rings. The second-order valence-corrected chi connectivity index (χ2v) is 6.97. The number of rotatable bonds is 5. The van der Waals surface area contributed by atoms with Crippen LogP contribution in [0.1, 0.15) is 5.56 Å². The Labute approximate surface area is 160 Å². The van der Waals surface area contributed by atoms with Gasteiger partial charge in [-0.2, -0.15) is 0 Å². The number of nitro benzene ring substituents is 1. The molecule has 0 spiro atoms. The summed E-state index contributed by atoms with van der Waals surface area (Å²) in [4.78, 5) is 24.2. The summed E-state index contributed by atoms with van der Waals surface area (Å²) in [6.07, 6.45) is 0. The molecule has 27 heavy (non-hydrogen) atoms. The molecule has 3 aromatic rings. The third kappa shape index (κ3) is 5.32. The highest BCUT2D eigenvalue weighted by Gasteiger charge is 2.06. The van der Waals surface area contributed by atoms with Crippen LogP contribution in [0.5, 0.6) is 0 Å². The third-order valence-corrected chi connectivity index (χ3v) is 4.72. The molecule has 0 atom stereocenters. The lowest BCUT2D eigenvalue weighted by Crippen LogP contribution is -2.19. The van der Waals surface area contributed by atoms with E-state index in [-0.39, 0.29) is 11.7 Å². The molecule has 0 aliphatic heterocycles. The Morgan fingerprint density at radius 3 is 1.74 bits per heavy atom. The molecule has 0 bridgehead atoms. The van der Waals surface area contributed by atoms with E-state index in [2.05, 4.69) is 10.6 Å². The molecule has 0 aromatic heterocycles. The first-order chi connectivity index (χ1) is 13.0. The first-order valence-electron chi connectivity index (χ1n) is 8.17. The maximum atomic E-state index is 12.0. The van der Waals surface area contributed by atoms with E-state index in [9.17, 15) is 14.9 Å². The molecular formula is C20H17N3O3S. The molecule has 3 rings (SSSR count). The number of hydrogen-bond donors (Lipinski definition) is 2. The second-order valence-electron chi connectivity index (χ2n) is 5.82. The molecule has 0 saturated carbocycles. The molecule has 136 valence electrons. The number of non-ortho nitro benzene ring substituents is 1. The fraction of sp³-hybridized carbons (Fsp3) is 0.0500. The highest BCUT2D eigenvalue weighted by molar-refractivity contribution is 7.99. The average Bonchev–Trinajstić information content (AvgIpc) is 2.66. The zero-order valence-electron chi connectivity index (χ0n) is 14.5. The van der Waals surface area contributed by atoms with E-state index in [1.165, 1.54) is 23.9 Å². The van der Waals surface area contributed by atoms with Crippen molar-refractivity contribution >= 4 is 34.9 Å². The number of amides is 2. The Balaban J connectivity index is 1.57. The van der Waals surface area contributed by atoms with Crippen LogP contribution in [0, 0.1) is 17.0 Å². The van der Waals surface area contributed by atoms with Gasteiger partial charge in [0.05, 0.1) is 4.92 Å². The number of carbonyl (C=O) groups is 1. The van der Waals surface area contributed by atoms with Crippen LogP contribution in [0.2, 0.25) is 0 Å². The van der Waals surface area contributed by atoms with E-state index in [1.807, 2.05) is 55.5 Å². The van der Waals surface area contributed by atoms with Gasteiger partial charge in [0.2, 0.25) is 0 Å². The third-order valence-electron chi connectivity index (χ3n) is 3.70. The summed E-state index contributed by atoms with van der Waals surface area (Å²) in [5, 5.41) is 16.2. The van der Waals surface area contributed by atoms with E-state index in [0.29, 0.717) is 5.69 Å². The van der Waals surface area contributed by atoms with Crippen LogP contribution < -0.4 is 10.6 Å². The highest BCUT2D eigenvalue weighted by atomic mass is 32.2. The second kappa shape index (κ2) is 8.37. The van der Waals surface area contributed by atoms with E-state index < -0.39 is 4.92 Å². The number of aryl methyl sites for hydroxylation is 1. The van der Waals surface area contributed by atoms with E-state index in [1.54, 1.807) is 12.1 Å². The smallest absolute Gasteiger partial charge is 0.308 e. The van der Waals surface area contributed by atoms with Crippen LogP contribution >= 0.6 is 11.8 Å². The normalized spacial score (nSPS) is 10.3. The van der Waals surface area contributed by atoms with Crippen molar-refractivity contribution in [3.63, 3.8) is 0 Å². The SMILES string of the molecule is Cc1ccc(NC(=O)Nc2ccc(Sc3ccc([N+](=O)[O-])cc3)cc2)cc1. The van der Waals surface area contributed by atoms with Gasteiger partial charge in [0.25, 0.3) is 5.69 Å². The molecular weight excluding hydrogens is 362 g/mol. The Morgan fingerprint density at radius 1 is 0.815 bits per heavy atom. The Hall–Kier alpha value is -3.32. The highest BCUT2D eigenvalue weighted by Crippen LogP contribution is 2.29. The van der Waals surface area contributed by atoms with Gasteiger partial charge in [0.15, 0.2) is 0 Å². The molecule has 0 radical (unpaired) electrons. The van der Waals surface area contributed by atoms with Crippen LogP contribution in [0.4, 0.5) is 21.9 Å². The zero-order chi connectivity index (χ0) is 19.2. The predicted molar refractivity (Wildman–Crippen MR) is 107 cm³/mol. The number of anilines is 2. The van der Waals surface area contributed by atoms with Gasteiger partial charge in [-0.3, -0.25) is 10.1 Å². The number of hydrogen-bond acceptors (Lipinski definition) is 4. The van der Waals surface area contributed by atoms with Crippen molar-refractivity contribution in [1.29, 1.82) is 0 Å². The Kier molecular flexibility index (Phi) is 5.73. The van der Waals surface area contributed by atoms with Crippen LogP contribution in [0.3, 0.4) is 0 Å². The summed E-state index contributed by atoms with van der Waals surface area (Å²) in [7, 11) is 0. The molecule has 7 heteroatoms. The minimum Gasteiger partial charge on any atom is -0.308 e. The van der Waals surface area contributed by atoms with Crippen molar-refractivity contribution in [2.24, 2.45) is 0 Å². The summed E-state index contributed by atoms with van der Waals surface area (Å²) in [5.41, 5.74) is 2.59. The maximum Gasteiger partial charge on any atom is 0.323 e. The van der Waals surface area contributed by atoms with E-state index >= 15 is 0 Å². The monoisotopic (exact) mass is 379 g/mol. The fourth-order valence-corrected chi connectivity index (χ4v) is 3.13. The standard InChI is InChI=1S/C20H17N3O3S/c1-14-2-4-15(5-3-14)21-20(24)22-16-6-10-18(11-7-16)27-19-12-8-17(9-13-19)23(25)26/h2-13H,1H3,(H2,21,22,24). The molecule has 0 saturated heterocycles. The number of urea groups is 1. The molecule has 6 nitrogen and oxygen atoms in total. The molecule has 2 amide bonds. The topological polar surface area (TPSA) is 84.3 Å². The maximum absolute atomic E-state index is 12.0. The molecule has 0 aliphatic rings. The summed E-state index contributed by atoms with van der Waals surface area (Å²) >= 11 is 1.49. The minimum absolute atomic E-state index is 0.0680. The molecule has 3 aromatic carbocycles. The van der Waals surface area contributed by atoms with Gasteiger partial charge in [0, 0.05) is 33.3 Å². The minimum atomic E-state index is -0.420. The first-order valence-corrected chi connectivity index (χ1v) is 8.98. The fourth-order valence-electron chi connectivity index (χ4n) is 2.31. The molecule has 0 aliphatic carbocycles. The van der Waals surface area contributed by atoms with Gasteiger partial charge in [-0.25, -0.2) is 4.79 Å². The number of carbonyl (C=O) groups excluding carboxylic acids is 1. The Bertz CT molecular complexity index is 940. The summed E-state index contributed by atoms with van der Waals surface area (Å²) in [6, 6.07) is 21.0. The lowest BCUT2D eigenvalue weighted by Gasteiger charge is -2.09. The Morgan fingerprint density at radius 2 is 1.26 bits per heavy atom. The van der Waals surface area contributed by atoms with Crippen molar-refractivity contribution in [3.8, 4) is 0 Å². The zero-order valence-corrected chi connectivity index (χ0v) is 15.3. The largest absolute Gasteiger partial charge is 0.323 e. The molecule has 0 heterocycles. The van der Waals surface area contributed by atoms with Gasteiger partial charge in [-0.1, -0.05) is 29.5 Å². The van der Waals surface area contributed by atoms with Crippen LogP contribution in [0.25, 0.3) is 0 Å². The first kappa shape index (κ1) is 18.5. The van der Waals surface area contributed by atoms with Crippen LogP contribution in [-0.2, 0) is 0 Å². The number of nitro groups is 1. The van der Waals surface area contributed by atoms with Crippen molar-refractivity contribution < 1.29 is 9.72 Å². The molecule has 0 unspecified atom stereocenters. The van der Waals surface area contributed by atoms with Crippen molar-refractivity contribution in [2.75, 3.05) is 10.6 Å². The van der Waals surface area contributed by atoms with Gasteiger partial charge in [-0.15, -0.1) is 0 Å². The average molecular weight is 379 g/mol. The van der Waals surface area contributed by atoms with Gasteiger partial charge in [0.1, 0.15) is 0 Å². The number of nitrogens with one attached hydrogen (secondary N) is 2. The van der Waals surface area contributed by atoms with Crippen molar-refractivity contribution in [1.82, 2.24) is 0 Å². The van der Waals surface area contributed by atoms with Gasteiger partial charge in [-0.05, 0) is 55.5 Å². The number of nitrogens with zero attached hydrogens (tertiary/aromatic N) is 1.